The first-order valence-corrected chi connectivity index (χ1v) is 18.7. The van der Waals surface area contributed by atoms with E-state index in [1.54, 1.807) is 0 Å². The molecule has 0 amide bonds. The molecule has 0 bridgehead atoms. The monoisotopic (exact) mass is 484 g/mol. The van der Waals surface area contributed by atoms with Crippen molar-refractivity contribution < 1.29 is 18.8 Å². The van der Waals surface area contributed by atoms with E-state index in [2.05, 4.69) is 67.7 Å². The minimum Gasteiger partial charge on any atom is -0.416 e. The number of rotatable bonds is 9. The van der Waals surface area contributed by atoms with Gasteiger partial charge in [-0.15, -0.1) is 0 Å². The van der Waals surface area contributed by atoms with Crippen molar-refractivity contribution in [2.75, 3.05) is 13.2 Å². The third-order valence-corrected chi connectivity index (χ3v) is 18.7. The lowest BCUT2D eigenvalue weighted by atomic mass is 9.67. The fraction of sp³-hybridized carbons (Fsp3) is 0.962. The average Bonchev–Trinajstić information content (AvgIpc) is 3.31. The predicted molar refractivity (Wildman–Crippen MR) is 139 cm³/mol. The molecule has 4 nitrogen and oxygen atoms in total. The number of aldehydes is 1. The Morgan fingerprint density at radius 1 is 0.875 bits per heavy atom. The molecule has 0 heterocycles. The van der Waals surface area contributed by atoms with E-state index < -0.39 is 28.2 Å². The van der Waals surface area contributed by atoms with Crippen LogP contribution in [-0.2, 0) is 13.6 Å². The first-order chi connectivity index (χ1) is 14.4. The van der Waals surface area contributed by atoms with Crippen molar-refractivity contribution in [2.45, 2.75) is 129 Å². The van der Waals surface area contributed by atoms with Gasteiger partial charge in [-0.25, -0.2) is 0 Å². The Morgan fingerprint density at radius 2 is 1.34 bits per heavy atom. The van der Waals surface area contributed by atoms with Crippen LogP contribution in [-0.4, -0.2) is 47.3 Å². The lowest BCUT2D eigenvalue weighted by molar-refractivity contribution is -0.130. The van der Waals surface area contributed by atoms with Crippen LogP contribution in [0.15, 0.2) is 0 Å². The van der Waals surface area contributed by atoms with Crippen molar-refractivity contribution >= 4 is 22.9 Å². The maximum atomic E-state index is 12.6. The number of aliphatic hydroxyl groups excluding tert-OH is 1. The smallest absolute Gasteiger partial charge is 0.192 e. The van der Waals surface area contributed by atoms with Crippen LogP contribution in [0.25, 0.3) is 0 Å². The molecule has 2 aliphatic carbocycles. The number of hydrogen-bond acceptors (Lipinski definition) is 4. The Bertz CT molecular complexity index is 641. The molecule has 188 valence electrons. The summed E-state index contributed by atoms with van der Waals surface area (Å²) in [4.78, 5) is 12.6. The van der Waals surface area contributed by atoms with Crippen molar-refractivity contribution in [3.8, 4) is 0 Å². The van der Waals surface area contributed by atoms with E-state index in [9.17, 15) is 9.90 Å². The molecule has 0 aromatic rings. The van der Waals surface area contributed by atoms with Gasteiger partial charge < -0.3 is 18.8 Å². The van der Waals surface area contributed by atoms with E-state index in [0.717, 1.165) is 51.2 Å². The lowest BCUT2D eigenvalue weighted by Crippen LogP contribution is -2.52. The van der Waals surface area contributed by atoms with Gasteiger partial charge in [0.15, 0.2) is 16.6 Å². The zero-order valence-corrected chi connectivity index (χ0v) is 24.8. The Kier molecular flexibility index (Phi) is 8.43. The predicted octanol–water partition coefficient (Wildman–Crippen LogP) is 6.94. The molecule has 32 heavy (non-hydrogen) atoms. The van der Waals surface area contributed by atoms with E-state index >= 15 is 0 Å². The van der Waals surface area contributed by atoms with E-state index in [-0.39, 0.29) is 21.4 Å². The quantitative estimate of drug-likeness (QED) is 0.284. The second kappa shape index (κ2) is 9.56. The van der Waals surface area contributed by atoms with Crippen molar-refractivity contribution in [3.05, 3.63) is 0 Å². The largest absolute Gasteiger partial charge is 0.416 e. The van der Waals surface area contributed by atoms with Crippen LogP contribution in [0, 0.1) is 16.7 Å². The molecule has 0 saturated heterocycles. The molecule has 2 saturated carbocycles. The maximum absolute atomic E-state index is 12.6. The minimum atomic E-state index is -1.97. The van der Waals surface area contributed by atoms with Gasteiger partial charge in [-0.3, -0.25) is 0 Å². The first-order valence-electron chi connectivity index (χ1n) is 12.9. The van der Waals surface area contributed by atoms with Gasteiger partial charge in [0, 0.05) is 18.6 Å². The van der Waals surface area contributed by atoms with Crippen LogP contribution < -0.4 is 0 Å². The molecule has 0 spiro atoms. The van der Waals surface area contributed by atoms with Gasteiger partial charge in [-0.1, -0.05) is 60.8 Å². The standard InChI is InChI=1S/C26H52O4Si2/c1-23(2,3)31(7,8)29-19-25(15-11-12-16-25)22(28)21-14-13-17-26(21,18-27)20-30-32(9,10)24(4,5)6/h18,21-22,28H,11-17,19-20H2,1-10H3. The highest BCUT2D eigenvalue weighted by atomic mass is 28.4. The fourth-order valence-electron chi connectivity index (χ4n) is 5.06. The molecule has 2 aliphatic rings. The lowest BCUT2D eigenvalue weighted by Gasteiger charge is -2.46. The van der Waals surface area contributed by atoms with Crippen LogP contribution >= 0.6 is 0 Å². The van der Waals surface area contributed by atoms with Gasteiger partial charge in [-0.2, -0.15) is 0 Å². The van der Waals surface area contributed by atoms with Gasteiger partial charge in [0.05, 0.1) is 11.5 Å². The Balaban J connectivity index is 2.25. The summed E-state index contributed by atoms with van der Waals surface area (Å²) in [6, 6.07) is 0. The van der Waals surface area contributed by atoms with Crippen molar-refractivity contribution in [1.29, 1.82) is 0 Å². The number of aliphatic hydroxyl groups is 1. The van der Waals surface area contributed by atoms with Crippen LogP contribution in [0.4, 0.5) is 0 Å². The zero-order chi connectivity index (χ0) is 24.6. The Labute approximate surface area is 200 Å². The third kappa shape index (κ3) is 5.61. The van der Waals surface area contributed by atoms with E-state index in [1.807, 2.05) is 0 Å². The highest BCUT2D eigenvalue weighted by Gasteiger charge is 2.55. The molecule has 1 N–H and O–H groups in total. The van der Waals surface area contributed by atoms with E-state index in [1.165, 1.54) is 0 Å². The maximum Gasteiger partial charge on any atom is 0.192 e. The van der Waals surface area contributed by atoms with Crippen molar-refractivity contribution in [2.24, 2.45) is 16.7 Å². The number of carbonyl (C=O) groups excluding carboxylic acids is 1. The summed E-state index contributed by atoms with van der Waals surface area (Å²) in [6.45, 7) is 23.7. The Morgan fingerprint density at radius 3 is 1.78 bits per heavy atom. The molecule has 3 atom stereocenters. The second-order valence-electron chi connectivity index (χ2n) is 14.0. The SMILES string of the molecule is CC(C)(C)[Si](C)(C)OCC1(C=O)CCCC1C(O)C1(CO[Si](C)(C)C(C)(C)C)CCCC1. The fourth-order valence-corrected chi connectivity index (χ4v) is 7.20. The van der Waals surface area contributed by atoms with Gasteiger partial charge in [-0.05, 0) is 67.9 Å². The summed E-state index contributed by atoms with van der Waals surface area (Å²) < 4.78 is 13.3. The molecule has 6 heteroatoms. The third-order valence-electron chi connectivity index (χ3n) is 9.77. The minimum absolute atomic E-state index is 0.0362. The first kappa shape index (κ1) is 28.2. The summed E-state index contributed by atoms with van der Waals surface area (Å²) in [7, 11) is -3.88. The highest BCUT2D eigenvalue weighted by molar-refractivity contribution is 6.74. The normalized spacial score (nSPS) is 28.2. The summed E-state index contributed by atoms with van der Waals surface area (Å²) in [5.41, 5.74) is -0.794. The van der Waals surface area contributed by atoms with Crippen molar-refractivity contribution in [3.63, 3.8) is 0 Å². The molecule has 0 aliphatic heterocycles. The summed E-state index contributed by atoms with van der Waals surface area (Å²) in [6.07, 6.45) is 7.62. The van der Waals surface area contributed by atoms with E-state index in [4.69, 9.17) is 8.85 Å². The molecule has 3 unspecified atom stereocenters. The molecule has 0 aromatic heterocycles. The van der Waals surface area contributed by atoms with Crippen LogP contribution in [0.3, 0.4) is 0 Å². The van der Waals surface area contributed by atoms with Crippen molar-refractivity contribution in [1.82, 2.24) is 0 Å². The molecule has 2 fully saturated rings. The summed E-state index contributed by atoms with van der Waals surface area (Å²) in [5.74, 6) is -0.0362. The van der Waals surface area contributed by atoms with Gasteiger partial charge in [0.25, 0.3) is 0 Å². The van der Waals surface area contributed by atoms with Gasteiger partial charge >= 0.3 is 0 Å². The van der Waals surface area contributed by atoms with Gasteiger partial charge in [0.2, 0.25) is 0 Å². The average molecular weight is 485 g/mol. The van der Waals surface area contributed by atoms with E-state index in [0.29, 0.717) is 13.2 Å². The number of hydrogen-bond donors (Lipinski definition) is 1. The topological polar surface area (TPSA) is 55.8 Å². The number of carbonyl (C=O) groups is 1. The summed E-state index contributed by atoms with van der Waals surface area (Å²) in [5, 5.41) is 12.1. The van der Waals surface area contributed by atoms with Gasteiger partial charge in [0.1, 0.15) is 6.29 Å². The molecule has 0 radical (unpaired) electrons. The Hall–Kier alpha value is -0.0162. The second-order valence-corrected chi connectivity index (χ2v) is 23.6. The molecular formula is C26H52O4Si2. The molecule has 0 aromatic carbocycles. The van der Waals surface area contributed by atoms with Crippen LogP contribution in [0.5, 0.6) is 0 Å². The van der Waals surface area contributed by atoms with Crippen LogP contribution in [0.2, 0.25) is 36.3 Å². The summed E-state index contributed by atoms with van der Waals surface area (Å²) >= 11 is 0. The van der Waals surface area contributed by atoms with Crippen LogP contribution in [0.1, 0.15) is 86.5 Å². The molecule has 2 rings (SSSR count). The highest BCUT2D eigenvalue weighted by Crippen LogP contribution is 2.53. The molecular weight excluding hydrogens is 432 g/mol. The zero-order valence-electron chi connectivity index (χ0n) is 22.8.